The Morgan fingerprint density at radius 1 is 1.05 bits per heavy atom. The molecule has 0 bridgehead atoms. The molecule has 7 rings (SSSR count). The molecule has 41 heavy (non-hydrogen) atoms. The zero-order valence-electron chi connectivity index (χ0n) is 23.2. The molecule has 0 radical (unpaired) electrons. The van der Waals surface area contributed by atoms with Crippen molar-refractivity contribution in [3.8, 4) is 22.8 Å². The fraction of sp³-hybridized carbons (Fsp3) is 0.406. The molecule has 2 N–H and O–H groups in total. The summed E-state index contributed by atoms with van der Waals surface area (Å²) in [5, 5.41) is 11.8. The molecule has 1 saturated carbocycles. The van der Waals surface area contributed by atoms with Crippen LogP contribution >= 0.6 is 0 Å². The number of hydrogen-bond acceptors (Lipinski definition) is 7. The number of benzene rings is 2. The highest BCUT2D eigenvalue weighted by molar-refractivity contribution is 6.01. The van der Waals surface area contributed by atoms with Gasteiger partial charge in [0.1, 0.15) is 11.8 Å². The Labute approximate surface area is 239 Å². The number of H-pyrrole nitrogens is 1. The molecule has 9 heteroatoms. The molecule has 2 aromatic heterocycles. The second-order valence-electron chi connectivity index (χ2n) is 11.3. The largest absolute Gasteiger partial charge is 0.493 e. The first-order chi connectivity index (χ1) is 20.2. The number of rotatable bonds is 9. The third-order valence-electron chi connectivity index (χ3n) is 8.56. The molecule has 3 aliphatic rings. The van der Waals surface area contributed by atoms with Gasteiger partial charge in [0, 0.05) is 35.8 Å². The van der Waals surface area contributed by atoms with Gasteiger partial charge in [0.05, 0.1) is 43.6 Å². The SMILES string of the molecule is COc1cc(-c2n[nH]c3ccc(C(=O)NC(c4ccccn4)C4CC4)cc23)ccc1OC1CCN(C2COC2)CC1. The quantitative estimate of drug-likeness (QED) is 0.308. The van der Waals surface area contributed by atoms with Crippen LogP contribution in [0, 0.1) is 5.92 Å². The monoisotopic (exact) mass is 553 g/mol. The summed E-state index contributed by atoms with van der Waals surface area (Å²) in [7, 11) is 1.66. The van der Waals surface area contributed by atoms with Crippen LogP contribution < -0.4 is 14.8 Å². The van der Waals surface area contributed by atoms with Crippen LogP contribution in [-0.4, -0.2) is 71.5 Å². The molecule has 1 atom stereocenters. The molecule has 212 valence electrons. The Bertz CT molecular complexity index is 1520. The lowest BCUT2D eigenvalue weighted by Crippen LogP contribution is -2.52. The van der Waals surface area contributed by atoms with Crippen molar-refractivity contribution in [3.63, 3.8) is 0 Å². The van der Waals surface area contributed by atoms with Gasteiger partial charge in [-0.1, -0.05) is 6.07 Å². The molecule has 4 heterocycles. The highest BCUT2D eigenvalue weighted by Gasteiger charge is 2.34. The van der Waals surface area contributed by atoms with Crippen LogP contribution in [0.2, 0.25) is 0 Å². The van der Waals surface area contributed by atoms with E-state index < -0.39 is 0 Å². The van der Waals surface area contributed by atoms with Crippen molar-refractivity contribution in [1.82, 2.24) is 25.4 Å². The van der Waals surface area contributed by atoms with Gasteiger partial charge in [-0.15, -0.1) is 0 Å². The van der Waals surface area contributed by atoms with E-state index in [0.29, 0.717) is 23.3 Å². The summed E-state index contributed by atoms with van der Waals surface area (Å²) in [5.74, 6) is 1.73. The average molecular weight is 554 g/mol. The number of piperidine rings is 1. The number of ether oxygens (including phenoxy) is 3. The van der Waals surface area contributed by atoms with Crippen molar-refractivity contribution >= 4 is 16.8 Å². The molecule has 2 aliphatic heterocycles. The summed E-state index contributed by atoms with van der Waals surface area (Å²) in [6.07, 6.45) is 6.10. The number of carbonyl (C=O) groups excluding carboxylic acids is 1. The number of aromatic nitrogens is 3. The number of carbonyl (C=O) groups is 1. The van der Waals surface area contributed by atoms with Crippen LogP contribution in [0.4, 0.5) is 0 Å². The molecule has 1 amide bonds. The summed E-state index contributed by atoms with van der Waals surface area (Å²) < 4.78 is 17.5. The summed E-state index contributed by atoms with van der Waals surface area (Å²) in [6.45, 7) is 3.75. The van der Waals surface area contributed by atoms with E-state index in [1.54, 1.807) is 13.3 Å². The topological polar surface area (TPSA) is 102 Å². The van der Waals surface area contributed by atoms with E-state index in [1.807, 2.05) is 54.6 Å². The maximum absolute atomic E-state index is 13.4. The third-order valence-corrected chi connectivity index (χ3v) is 8.56. The van der Waals surface area contributed by atoms with Crippen molar-refractivity contribution in [2.24, 2.45) is 5.92 Å². The fourth-order valence-electron chi connectivity index (χ4n) is 5.91. The van der Waals surface area contributed by atoms with Gasteiger partial charge in [0.25, 0.3) is 5.91 Å². The van der Waals surface area contributed by atoms with E-state index in [-0.39, 0.29) is 18.1 Å². The predicted molar refractivity (Wildman–Crippen MR) is 155 cm³/mol. The maximum Gasteiger partial charge on any atom is 0.251 e. The first kappa shape index (κ1) is 26.0. The van der Waals surface area contributed by atoms with Gasteiger partial charge in [-0.2, -0.15) is 5.10 Å². The smallest absolute Gasteiger partial charge is 0.251 e. The first-order valence-electron chi connectivity index (χ1n) is 14.5. The van der Waals surface area contributed by atoms with Gasteiger partial charge < -0.3 is 19.5 Å². The van der Waals surface area contributed by atoms with Gasteiger partial charge >= 0.3 is 0 Å². The zero-order chi connectivity index (χ0) is 27.8. The van der Waals surface area contributed by atoms with E-state index >= 15 is 0 Å². The number of aromatic amines is 1. The van der Waals surface area contributed by atoms with Crippen molar-refractivity contribution in [1.29, 1.82) is 0 Å². The molecule has 0 spiro atoms. The second-order valence-corrected chi connectivity index (χ2v) is 11.3. The Hall–Kier alpha value is -3.95. The zero-order valence-corrected chi connectivity index (χ0v) is 23.2. The number of methoxy groups -OCH3 is 1. The molecule has 3 fully saturated rings. The molecular weight excluding hydrogens is 518 g/mol. The van der Waals surface area contributed by atoms with Gasteiger partial charge in [0.15, 0.2) is 11.5 Å². The average Bonchev–Trinajstić information content (AvgIpc) is 3.74. The summed E-state index contributed by atoms with van der Waals surface area (Å²) in [4.78, 5) is 20.4. The van der Waals surface area contributed by atoms with Crippen LogP contribution in [0.25, 0.3) is 22.2 Å². The van der Waals surface area contributed by atoms with Crippen molar-refractivity contribution < 1.29 is 19.0 Å². The van der Waals surface area contributed by atoms with Crippen LogP contribution in [0.15, 0.2) is 60.8 Å². The Kier molecular flexibility index (Phi) is 7.06. The van der Waals surface area contributed by atoms with Gasteiger partial charge in [-0.3, -0.25) is 19.8 Å². The Morgan fingerprint density at radius 3 is 2.61 bits per heavy atom. The first-order valence-corrected chi connectivity index (χ1v) is 14.5. The van der Waals surface area contributed by atoms with Crippen LogP contribution in [0.3, 0.4) is 0 Å². The molecule has 9 nitrogen and oxygen atoms in total. The molecule has 4 aromatic rings. The Balaban J connectivity index is 1.08. The highest BCUT2D eigenvalue weighted by Crippen LogP contribution is 2.41. The number of nitrogens with zero attached hydrogens (tertiary/aromatic N) is 3. The standard InChI is InChI=1S/C32H35N5O4/c1-39-29-17-21(8-10-28(29)41-24-11-14-37(15-12-24)23-18-40-19-23)30-25-16-22(7-9-26(25)35-36-30)32(38)34-31(20-5-6-20)27-4-2-3-13-33-27/h2-4,7-10,13,16-17,20,23-24,31H,5-6,11-12,14-15,18-19H2,1H3,(H,34,38)(H,35,36). The lowest BCUT2D eigenvalue weighted by atomic mass is 10.0. The Morgan fingerprint density at radius 2 is 1.90 bits per heavy atom. The lowest BCUT2D eigenvalue weighted by Gasteiger charge is -2.41. The van der Waals surface area contributed by atoms with E-state index in [2.05, 4.69) is 25.4 Å². The molecule has 2 saturated heterocycles. The minimum atomic E-state index is -0.112. The van der Waals surface area contributed by atoms with Gasteiger partial charge in [0.2, 0.25) is 0 Å². The van der Waals surface area contributed by atoms with Crippen LogP contribution in [0.1, 0.15) is 47.8 Å². The highest BCUT2D eigenvalue weighted by atomic mass is 16.5. The number of nitrogens with one attached hydrogen (secondary N) is 2. The van der Waals surface area contributed by atoms with Gasteiger partial charge in [-0.05, 0) is 80.1 Å². The normalized spacial score (nSPS) is 19.0. The fourth-order valence-corrected chi connectivity index (χ4v) is 5.91. The number of hydrogen-bond donors (Lipinski definition) is 2. The molecule has 2 aromatic carbocycles. The predicted octanol–water partition coefficient (Wildman–Crippen LogP) is 4.76. The maximum atomic E-state index is 13.4. The van der Waals surface area contributed by atoms with Crippen molar-refractivity contribution in [3.05, 3.63) is 72.1 Å². The third kappa shape index (κ3) is 5.39. The molecule has 1 unspecified atom stereocenters. The van der Waals surface area contributed by atoms with E-state index in [0.717, 1.165) is 85.6 Å². The van der Waals surface area contributed by atoms with Crippen LogP contribution in [0.5, 0.6) is 11.5 Å². The van der Waals surface area contributed by atoms with E-state index in [4.69, 9.17) is 14.2 Å². The van der Waals surface area contributed by atoms with Crippen LogP contribution in [-0.2, 0) is 4.74 Å². The molecule has 1 aliphatic carbocycles. The second kappa shape index (κ2) is 11.1. The lowest BCUT2D eigenvalue weighted by molar-refractivity contribution is -0.0778. The minimum absolute atomic E-state index is 0.0838. The van der Waals surface area contributed by atoms with E-state index in [9.17, 15) is 4.79 Å². The molecular formula is C32H35N5O4. The van der Waals surface area contributed by atoms with E-state index in [1.165, 1.54) is 0 Å². The van der Waals surface area contributed by atoms with Crippen molar-refractivity contribution in [2.75, 3.05) is 33.4 Å². The van der Waals surface area contributed by atoms with Gasteiger partial charge in [-0.25, -0.2) is 0 Å². The minimum Gasteiger partial charge on any atom is -0.493 e. The number of likely N-dealkylation sites (tertiary alicyclic amines) is 1. The number of amides is 1. The summed E-state index contributed by atoms with van der Waals surface area (Å²) in [5.41, 5.74) is 4.01. The van der Waals surface area contributed by atoms with Crippen molar-refractivity contribution in [2.45, 2.75) is 43.9 Å². The summed E-state index contributed by atoms with van der Waals surface area (Å²) >= 11 is 0. The number of fused-ring (bicyclic) bond motifs is 1. The number of pyridine rings is 1. The summed E-state index contributed by atoms with van der Waals surface area (Å²) in [6, 6.07) is 17.9.